The minimum atomic E-state index is -0.0445. The van der Waals surface area contributed by atoms with Crippen LogP contribution in [-0.2, 0) is 4.79 Å². The van der Waals surface area contributed by atoms with E-state index in [2.05, 4.69) is 29.1 Å². The maximum atomic E-state index is 12.3. The lowest BCUT2D eigenvalue weighted by atomic mass is 9.96. The second-order valence-electron chi connectivity index (χ2n) is 6.20. The summed E-state index contributed by atoms with van der Waals surface area (Å²) in [6.07, 6.45) is 1.05. The van der Waals surface area contributed by atoms with Crippen LogP contribution in [0.2, 0.25) is 0 Å². The highest BCUT2D eigenvalue weighted by atomic mass is 32.2. The van der Waals surface area contributed by atoms with Crippen LogP contribution < -0.4 is 10.1 Å². The second kappa shape index (κ2) is 8.31. The molecule has 2 heterocycles. The molecular weight excluding hydrogens is 366 g/mol. The van der Waals surface area contributed by atoms with Crippen LogP contribution in [0.3, 0.4) is 0 Å². The first-order valence-corrected chi connectivity index (χ1v) is 10.5. The van der Waals surface area contributed by atoms with Crippen LogP contribution >= 0.6 is 23.5 Å². The number of fused-ring (bicyclic) bond motifs is 1. The number of carbonyl (C=O) groups excluding carboxylic acids is 1. The van der Waals surface area contributed by atoms with Gasteiger partial charge in [0, 0.05) is 22.4 Å². The molecule has 26 heavy (non-hydrogen) atoms. The maximum Gasteiger partial charge on any atom is 0.234 e. The summed E-state index contributed by atoms with van der Waals surface area (Å²) in [4.78, 5) is 21.6. The minimum Gasteiger partial charge on any atom is -0.497 e. The third-order valence-electron chi connectivity index (χ3n) is 4.38. The lowest BCUT2D eigenvalue weighted by molar-refractivity contribution is -0.113. The number of hydrogen-bond acceptors (Lipinski definition) is 6. The summed E-state index contributed by atoms with van der Waals surface area (Å²) in [5, 5.41) is 5.44. The Morgan fingerprint density at radius 2 is 2.04 bits per heavy atom. The number of carbonyl (C=O) groups is 1. The average molecular weight is 390 g/mol. The molecule has 5 nitrogen and oxygen atoms in total. The van der Waals surface area contributed by atoms with E-state index in [0.717, 1.165) is 33.7 Å². The highest BCUT2D eigenvalue weighted by Gasteiger charge is 2.33. The number of ether oxygens (including phenoxy) is 1. The van der Waals surface area contributed by atoms with E-state index in [-0.39, 0.29) is 5.91 Å². The quantitative estimate of drug-likeness (QED) is 0.579. The molecule has 1 amide bonds. The van der Waals surface area contributed by atoms with Crippen molar-refractivity contribution in [1.82, 2.24) is 9.97 Å². The summed E-state index contributed by atoms with van der Waals surface area (Å²) >= 11 is 3.31. The lowest BCUT2D eigenvalue weighted by Crippen LogP contribution is -2.15. The van der Waals surface area contributed by atoms with E-state index in [9.17, 15) is 4.79 Å². The Hall–Kier alpha value is -1.73. The molecule has 2 atom stereocenters. The zero-order chi connectivity index (χ0) is 18.7. The van der Waals surface area contributed by atoms with Gasteiger partial charge in [-0.1, -0.05) is 25.6 Å². The van der Waals surface area contributed by atoms with Gasteiger partial charge in [0.25, 0.3) is 0 Å². The van der Waals surface area contributed by atoms with Gasteiger partial charge in [-0.3, -0.25) is 4.79 Å². The molecule has 3 rings (SSSR count). The molecule has 1 aromatic carbocycles. The predicted octanol–water partition coefficient (Wildman–Crippen LogP) is 4.51. The van der Waals surface area contributed by atoms with Crippen LogP contribution in [0, 0.1) is 6.92 Å². The first kappa shape index (κ1) is 19.0. The fourth-order valence-electron chi connectivity index (χ4n) is 3.08. The number of methoxy groups -OCH3 is 1. The molecule has 1 N–H and O–H groups in total. The zero-order valence-electron chi connectivity index (χ0n) is 15.4. The van der Waals surface area contributed by atoms with Crippen molar-refractivity contribution in [3.8, 4) is 5.75 Å². The van der Waals surface area contributed by atoms with E-state index in [1.54, 1.807) is 7.11 Å². The van der Waals surface area contributed by atoms with Crippen molar-refractivity contribution >= 4 is 35.1 Å². The summed E-state index contributed by atoms with van der Waals surface area (Å²) in [5.41, 5.74) is 1.98. The molecule has 0 spiro atoms. The molecule has 0 saturated carbocycles. The summed E-state index contributed by atoms with van der Waals surface area (Å²) < 4.78 is 5.13. The first-order chi connectivity index (χ1) is 12.5. The van der Waals surface area contributed by atoms with E-state index in [4.69, 9.17) is 4.74 Å². The highest BCUT2D eigenvalue weighted by Crippen LogP contribution is 2.48. The Balaban J connectivity index is 1.69. The molecule has 0 saturated heterocycles. The number of amides is 1. The van der Waals surface area contributed by atoms with E-state index in [1.807, 2.05) is 43.0 Å². The Morgan fingerprint density at radius 3 is 2.69 bits per heavy atom. The van der Waals surface area contributed by atoms with Crippen LogP contribution in [0.15, 0.2) is 34.3 Å². The largest absolute Gasteiger partial charge is 0.497 e. The number of nitrogens with one attached hydrogen (secondary N) is 1. The Labute approximate surface area is 162 Å². The zero-order valence-corrected chi connectivity index (χ0v) is 17.0. The number of thioether (sulfide) groups is 2. The topological polar surface area (TPSA) is 64.1 Å². The first-order valence-electron chi connectivity index (χ1n) is 8.63. The van der Waals surface area contributed by atoms with Crippen LogP contribution in [0.1, 0.15) is 37.6 Å². The van der Waals surface area contributed by atoms with Crippen molar-refractivity contribution in [2.24, 2.45) is 0 Å². The average Bonchev–Trinajstić information content (AvgIpc) is 2.95. The van der Waals surface area contributed by atoms with Crippen LogP contribution in [-0.4, -0.2) is 34.0 Å². The Bertz CT molecular complexity index is 796. The molecule has 1 aliphatic rings. The molecule has 2 aromatic rings. The van der Waals surface area contributed by atoms with Crippen molar-refractivity contribution in [2.75, 3.05) is 18.2 Å². The number of aromatic nitrogens is 2. The number of benzene rings is 1. The molecule has 1 aromatic heterocycles. The van der Waals surface area contributed by atoms with Crippen molar-refractivity contribution in [2.45, 2.75) is 48.4 Å². The van der Waals surface area contributed by atoms with Gasteiger partial charge in [0.2, 0.25) is 5.91 Å². The van der Waals surface area contributed by atoms with Crippen molar-refractivity contribution < 1.29 is 9.53 Å². The summed E-state index contributed by atoms with van der Waals surface area (Å²) in [5.74, 6) is 2.25. The number of aryl methyl sites for hydroxylation is 1. The second-order valence-corrected chi connectivity index (χ2v) is 8.53. The van der Waals surface area contributed by atoms with Gasteiger partial charge in [0.15, 0.2) is 0 Å². The number of hydrogen-bond donors (Lipinski definition) is 1. The number of nitrogens with zero attached hydrogens (tertiary/aromatic N) is 2. The van der Waals surface area contributed by atoms with Crippen molar-refractivity contribution in [1.29, 1.82) is 0 Å². The fourth-order valence-corrected chi connectivity index (χ4v) is 5.49. The van der Waals surface area contributed by atoms with E-state index < -0.39 is 0 Å². The van der Waals surface area contributed by atoms with Gasteiger partial charge in [-0.25, -0.2) is 9.97 Å². The highest BCUT2D eigenvalue weighted by molar-refractivity contribution is 8.01. The lowest BCUT2D eigenvalue weighted by Gasteiger charge is -2.15. The Kier molecular flexibility index (Phi) is 6.09. The van der Waals surface area contributed by atoms with E-state index in [1.165, 1.54) is 17.3 Å². The fraction of sp³-hybridized carbons (Fsp3) is 0.421. The van der Waals surface area contributed by atoms with Gasteiger partial charge in [0.1, 0.15) is 21.6 Å². The van der Waals surface area contributed by atoms with Gasteiger partial charge in [-0.15, -0.1) is 11.8 Å². The molecule has 0 radical (unpaired) electrons. The van der Waals surface area contributed by atoms with Crippen LogP contribution in [0.5, 0.6) is 5.75 Å². The maximum absolute atomic E-state index is 12.3. The standard InChI is InChI=1S/C19H23N3O2S2/c1-5-15-11(2)26-19-17(15)18(20-12(3)21-19)25-10-16(23)22-13-6-8-14(24-4)9-7-13/h6-9,11,15H,5,10H2,1-4H3,(H,22,23). The molecular formula is C19H23N3O2S2. The van der Waals surface area contributed by atoms with Gasteiger partial charge < -0.3 is 10.1 Å². The monoisotopic (exact) mass is 389 g/mol. The van der Waals surface area contributed by atoms with Gasteiger partial charge in [-0.2, -0.15) is 0 Å². The van der Waals surface area contributed by atoms with Crippen LogP contribution in [0.25, 0.3) is 0 Å². The van der Waals surface area contributed by atoms with Crippen molar-refractivity contribution in [3.05, 3.63) is 35.7 Å². The van der Waals surface area contributed by atoms with E-state index >= 15 is 0 Å². The van der Waals surface area contributed by atoms with Crippen LogP contribution in [0.4, 0.5) is 5.69 Å². The molecule has 138 valence electrons. The molecule has 7 heteroatoms. The van der Waals surface area contributed by atoms with Crippen molar-refractivity contribution in [3.63, 3.8) is 0 Å². The predicted molar refractivity (Wildman–Crippen MR) is 107 cm³/mol. The molecule has 0 bridgehead atoms. The summed E-state index contributed by atoms with van der Waals surface area (Å²) in [6, 6.07) is 7.32. The van der Waals surface area contributed by atoms with Gasteiger partial charge in [0.05, 0.1) is 12.9 Å². The smallest absolute Gasteiger partial charge is 0.234 e. The molecule has 1 aliphatic heterocycles. The molecule has 0 aliphatic carbocycles. The Morgan fingerprint density at radius 1 is 1.31 bits per heavy atom. The van der Waals surface area contributed by atoms with Gasteiger partial charge >= 0.3 is 0 Å². The minimum absolute atomic E-state index is 0.0445. The summed E-state index contributed by atoms with van der Waals surface area (Å²) in [6.45, 7) is 6.34. The SMILES string of the molecule is CCC1c2c(SCC(=O)Nc3ccc(OC)cc3)nc(C)nc2SC1C. The third-order valence-corrected chi connectivity index (χ3v) is 6.60. The number of rotatable bonds is 6. The third kappa shape index (κ3) is 4.15. The van der Waals surface area contributed by atoms with Gasteiger partial charge in [-0.05, 0) is 37.6 Å². The molecule has 2 unspecified atom stereocenters. The molecule has 0 fully saturated rings. The normalized spacial score (nSPS) is 18.5. The summed E-state index contributed by atoms with van der Waals surface area (Å²) in [7, 11) is 1.62. The van der Waals surface area contributed by atoms with E-state index in [0.29, 0.717) is 16.9 Å². The number of anilines is 1.